The lowest BCUT2D eigenvalue weighted by Gasteiger charge is -2.27. The zero-order valence-electron chi connectivity index (χ0n) is 22.5. The monoisotopic (exact) mass is 552 g/mol. The summed E-state index contributed by atoms with van der Waals surface area (Å²) >= 11 is 0. The van der Waals surface area contributed by atoms with Crippen LogP contribution in [-0.2, 0) is 11.1 Å². The van der Waals surface area contributed by atoms with Crippen molar-refractivity contribution in [2.75, 3.05) is 24.6 Å². The topological polar surface area (TPSA) is 117 Å². The third-order valence-electron chi connectivity index (χ3n) is 8.33. The van der Waals surface area contributed by atoms with Crippen LogP contribution in [0.5, 0.6) is 0 Å². The van der Waals surface area contributed by atoms with E-state index in [-0.39, 0.29) is 18.0 Å². The second-order valence-electron chi connectivity index (χ2n) is 11.0. The third kappa shape index (κ3) is 4.47. The summed E-state index contributed by atoms with van der Waals surface area (Å²) in [6.07, 6.45) is 15.3. The van der Waals surface area contributed by atoms with Crippen LogP contribution < -0.4 is 4.90 Å². The predicted octanol–water partition coefficient (Wildman–Crippen LogP) is 3.55. The molecule has 1 unspecified atom stereocenters. The van der Waals surface area contributed by atoms with E-state index in [1.165, 1.54) is 12.1 Å². The van der Waals surface area contributed by atoms with Gasteiger partial charge in [0.2, 0.25) is 0 Å². The molecule has 0 saturated heterocycles. The lowest BCUT2D eigenvalue weighted by atomic mass is 9.90. The largest absolute Gasteiger partial charge is 0.394 e. The number of nitrogens with zero attached hydrogens (tertiary/aromatic N) is 8. The van der Waals surface area contributed by atoms with E-state index in [4.69, 9.17) is 0 Å². The zero-order chi connectivity index (χ0) is 28.2. The van der Waals surface area contributed by atoms with Gasteiger partial charge in [-0.2, -0.15) is 10.2 Å². The van der Waals surface area contributed by atoms with Crippen molar-refractivity contribution in [1.82, 2.24) is 34.3 Å². The van der Waals surface area contributed by atoms with Crippen molar-refractivity contribution in [3.05, 3.63) is 96.5 Å². The molecule has 1 saturated carbocycles. The Balaban J connectivity index is 1.09. The molecule has 0 radical (unpaired) electrons. The van der Waals surface area contributed by atoms with Gasteiger partial charge in [0, 0.05) is 54.6 Å². The second-order valence-corrected chi connectivity index (χ2v) is 11.0. The van der Waals surface area contributed by atoms with E-state index >= 15 is 0 Å². The quantitative estimate of drug-likeness (QED) is 0.315. The molecule has 2 N–H and O–H groups in total. The molecule has 1 atom stereocenters. The van der Waals surface area contributed by atoms with Crippen LogP contribution in [0, 0.1) is 5.82 Å². The molecule has 0 amide bonds. The van der Waals surface area contributed by atoms with Gasteiger partial charge >= 0.3 is 0 Å². The summed E-state index contributed by atoms with van der Waals surface area (Å²) in [6, 6.07) is 7.85. The van der Waals surface area contributed by atoms with E-state index in [9.17, 15) is 14.6 Å². The summed E-state index contributed by atoms with van der Waals surface area (Å²) < 4.78 is 17.1. The van der Waals surface area contributed by atoms with Crippen molar-refractivity contribution >= 4 is 16.9 Å². The van der Waals surface area contributed by atoms with Crippen LogP contribution >= 0.6 is 0 Å². The van der Waals surface area contributed by atoms with E-state index in [0.717, 1.165) is 53.8 Å². The molecule has 11 heteroatoms. The van der Waals surface area contributed by atoms with E-state index < -0.39 is 5.60 Å². The van der Waals surface area contributed by atoms with Crippen molar-refractivity contribution in [1.29, 1.82) is 0 Å². The minimum Gasteiger partial charge on any atom is -0.394 e. The molecule has 0 bridgehead atoms. The van der Waals surface area contributed by atoms with Crippen LogP contribution in [0.15, 0.2) is 73.7 Å². The van der Waals surface area contributed by atoms with Crippen molar-refractivity contribution in [3.63, 3.8) is 0 Å². The second kappa shape index (κ2) is 9.57. The Labute approximate surface area is 235 Å². The first kappa shape index (κ1) is 25.5. The molecule has 1 aliphatic heterocycles. The lowest BCUT2D eigenvalue weighted by molar-refractivity contribution is 0.101. The minimum absolute atomic E-state index is 0.0952. The highest BCUT2D eigenvalue weighted by Crippen LogP contribution is 2.43. The van der Waals surface area contributed by atoms with Gasteiger partial charge < -0.3 is 15.1 Å². The van der Waals surface area contributed by atoms with Crippen molar-refractivity contribution < 1.29 is 14.6 Å². The molecule has 1 aromatic carbocycles. The summed E-state index contributed by atoms with van der Waals surface area (Å²) in [5.41, 5.74) is 3.41. The Hall–Kier alpha value is -4.48. The van der Waals surface area contributed by atoms with Crippen LogP contribution in [0.2, 0.25) is 0 Å². The number of fused-ring (bicyclic) bond motifs is 1. The molecule has 4 aromatic heterocycles. The number of aliphatic hydroxyl groups is 2. The van der Waals surface area contributed by atoms with Gasteiger partial charge in [-0.15, -0.1) is 0 Å². The molecule has 208 valence electrons. The van der Waals surface area contributed by atoms with Gasteiger partial charge in [-0.3, -0.25) is 4.68 Å². The smallest absolute Gasteiger partial charge is 0.156 e. The molecular weight excluding hydrogens is 523 g/mol. The van der Waals surface area contributed by atoms with E-state index in [0.29, 0.717) is 23.5 Å². The summed E-state index contributed by atoms with van der Waals surface area (Å²) in [6.45, 7) is 3.11. The standard InChI is InChI=1S/C30H29FN8O2/c1-29(41,23-2-4-25(31)5-3-23)24-14-32-27(33-15-24)20-6-10-37(11-7-20)28-26-12-21(16-38(26)36-19-34-28)22-13-35-39(17-22)30(18-40)8-9-30/h2-6,12-17,19,40-41H,7-11,18H2,1H3. The van der Waals surface area contributed by atoms with Gasteiger partial charge in [0.15, 0.2) is 11.6 Å². The number of anilines is 1. The molecule has 2 aliphatic rings. The van der Waals surface area contributed by atoms with Gasteiger partial charge in [0.25, 0.3) is 0 Å². The summed E-state index contributed by atoms with van der Waals surface area (Å²) in [5.74, 6) is 1.11. The van der Waals surface area contributed by atoms with Crippen molar-refractivity contribution in [2.24, 2.45) is 0 Å². The van der Waals surface area contributed by atoms with E-state index in [2.05, 4.69) is 42.2 Å². The number of hydrogen-bond acceptors (Lipinski definition) is 8. The minimum atomic E-state index is -1.34. The van der Waals surface area contributed by atoms with Gasteiger partial charge in [-0.25, -0.2) is 23.9 Å². The Morgan fingerprint density at radius 3 is 2.44 bits per heavy atom. The highest BCUT2D eigenvalue weighted by Gasteiger charge is 2.45. The van der Waals surface area contributed by atoms with Crippen molar-refractivity contribution in [2.45, 2.75) is 37.3 Å². The molecule has 7 rings (SSSR count). The Morgan fingerprint density at radius 1 is 0.976 bits per heavy atom. The average Bonchev–Trinajstić information content (AvgIpc) is 3.42. The van der Waals surface area contributed by atoms with Crippen LogP contribution in [0.3, 0.4) is 0 Å². The van der Waals surface area contributed by atoms with Crippen molar-refractivity contribution in [3.8, 4) is 11.1 Å². The van der Waals surface area contributed by atoms with Crippen LogP contribution in [-0.4, -0.2) is 64.3 Å². The highest BCUT2D eigenvalue weighted by molar-refractivity contribution is 5.78. The van der Waals surface area contributed by atoms with E-state index in [1.807, 2.05) is 27.8 Å². The predicted molar refractivity (Wildman–Crippen MR) is 150 cm³/mol. The number of benzene rings is 1. The number of hydrogen-bond donors (Lipinski definition) is 2. The SMILES string of the molecule is CC(O)(c1ccc(F)cc1)c1cnc(C2=CCN(c3ncnn4cc(-c5cnn(C6(CO)CC6)c5)cc34)CC2)nc1. The number of rotatable bonds is 7. The normalized spacial score (nSPS) is 17.9. The fraction of sp³-hybridized carbons (Fsp3) is 0.300. The first-order valence-electron chi connectivity index (χ1n) is 13.6. The maximum Gasteiger partial charge on any atom is 0.156 e. The van der Waals surface area contributed by atoms with Gasteiger partial charge in [0.1, 0.15) is 23.3 Å². The Morgan fingerprint density at radius 2 is 1.76 bits per heavy atom. The molecule has 10 nitrogen and oxygen atoms in total. The van der Waals surface area contributed by atoms with Gasteiger partial charge in [-0.1, -0.05) is 18.2 Å². The Kier molecular flexibility index (Phi) is 5.95. The van der Waals surface area contributed by atoms with Crippen LogP contribution in [0.25, 0.3) is 22.2 Å². The number of halogens is 1. The fourth-order valence-electron chi connectivity index (χ4n) is 5.40. The van der Waals surface area contributed by atoms with Gasteiger partial charge in [-0.05, 0) is 55.5 Å². The molecular formula is C30H29FN8O2. The molecule has 1 aliphatic carbocycles. The molecule has 5 heterocycles. The highest BCUT2D eigenvalue weighted by atomic mass is 19.1. The Bertz CT molecular complexity index is 1750. The third-order valence-corrected chi connectivity index (χ3v) is 8.33. The van der Waals surface area contributed by atoms with E-state index in [1.54, 1.807) is 37.8 Å². The van der Waals surface area contributed by atoms with Crippen LogP contribution in [0.1, 0.15) is 43.1 Å². The fourth-order valence-corrected chi connectivity index (χ4v) is 5.40. The maximum absolute atomic E-state index is 13.3. The maximum atomic E-state index is 13.3. The molecule has 5 aromatic rings. The first-order valence-corrected chi connectivity index (χ1v) is 13.6. The molecule has 0 spiro atoms. The summed E-state index contributed by atoms with van der Waals surface area (Å²) in [7, 11) is 0. The number of aromatic nitrogens is 7. The molecule has 41 heavy (non-hydrogen) atoms. The molecule has 1 fully saturated rings. The number of aliphatic hydroxyl groups excluding tert-OH is 1. The van der Waals surface area contributed by atoms with Crippen LogP contribution in [0.4, 0.5) is 10.2 Å². The average molecular weight is 553 g/mol. The lowest BCUT2D eigenvalue weighted by Crippen LogP contribution is -2.30. The summed E-state index contributed by atoms with van der Waals surface area (Å²) in [5, 5.41) is 29.7. The zero-order valence-corrected chi connectivity index (χ0v) is 22.5. The first-order chi connectivity index (χ1) is 19.9. The van der Waals surface area contributed by atoms with Gasteiger partial charge in [0.05, 0.1) is 18.3 Å². The summed E-state index contributed by atoms with van der Waals surface area (Å²) in [4.78, 5) is 15.9.